The average Bonchev–Trinajstić information content (AvgIpc) is 2.89. The third-order valence-corrected chi connectivity index (χ3v) is 2.97. The number of hydrogen-bond acceptors (Lipinski definition) is 3. The summed E-state index contributed by atoms with van der Waals surface area (Å²) in [5.41, 5.74) is 1.89. The van der Waals surface area contributed by atoms with Gasteiger partial charge in [-0.25, -0.2) is 9.78 Å². The molecule has 1 aliphatic heterocycles. The quantitative estimate of drug-likeness (QED) is 0.695. The fourth-order valence-corrected chi connectivity index (χ4v) is 2.07. The monoisotopic (exact) mass is 244 g/mol. The van der Waals surface area contributed by atoms with Crippen LogP contribution in [0, 0.1) is 0 Å². The highest BCUT2D eigenvalue weighted by molar-refractivity contribution is 6.04. The van der Waals surface area contributed by atoms with Gasteiger partial charge >= 0.3 is 6.03 Å². The van der Waals surface area contributed by atoms with Gasteiger partial charge in [0.2, 0.25) is 0 Å². The molecule has 1 atom stereocenters. The highest BCUT2D eigenvalue weighted by atomic mass is 16.2. The summed E-state index contributed by atoms with van der Waals surface area (Å²) in [7, 11) is 0. The lowest BCUT2D eigenvalue weighted by atomic mass is 10.1. The number of urea groups is 1. The maximum absolute atomic E-state index is 11.4. The van der Waals surface area contributed by atoms with Crippen LogP contribution in [0.2, 0.25) is 0 Å². The van der Waals surface area contributed by atoms with E-state index in [1.807, 2.05) is 24.3 Å². The maximum Gasteiger partial charge on any atom is 0.322 e. The molecule has 1 saturated heterocycles. The van der Waals surface area contributed by atoms with Crippen molar-refractivity contribution in [2.24, 2.45) is 0 Å². The number of nitrogens with zero attached hydrogens (tertiary/aromatic N) is 1. The minimum atomic E-state index is -0.453. The number of para-hydroxylation sites is 2. The molecule has 6 nitrogen and oxygen atoms in total. The van der Waals surface area contributed by atoms with Crippen molar-refractivity contribution in [2.45, 2.75) is 18.9 Å². The van der Waals surface area contributed by atoms with Crippen molar-refractivity contribution in [3.05, 3.63) is 30.1 Å². The largest absolute Gasteiger partial charge is 0.342 e. The van der Waals surface area contributed by atoms with Gasteiger partial charge in [-0.05, 0) is 18.6 Å². The van der Waals surface area contributed by atoms with Crippen molar-refractivity contribution in [1.82, 2.24) is 20.6 Å². The first kappa shape index (κ1) is 10.8. The zero-order valence-corrected chi connectivity index (χ0v) is 9.56. The van der Waals surface area contributed by atoms with E-state index < -0.39 is 12.1 Å². The smallest absolute Gasteiger partial charge is 0.322 e. The number of rotatable bonds is 3. The standard InChI is InChI=1S/C12H12N4O2/c17-11-9(15-12(18)16-11)5-6-10-13-7-3-1-2-4-8(7)14-10/h1-4,9H,5-6H2,(H,13,14)(H2,15,16,17,18). The van der Waals surface area contributed by atoms with E-state index in [2.05, 4.69) is 20.6 Å². The molecule has 1 fully saturated rings. The second-order valence-corrected chi connectivity index (χ2v) is 4.25. The van der Waals surface area contributed by atoms with E-state index in [0.717, 1.165) is 16.9 Å². The van der Waals surface area contributed by atoms with Crippen molar-refractivity contribution in [1.29, 1.82) is 0 Å². The Bertz CT molecular complexity index is 586. The van der Waals surface area contributed by atoms with Crippen LogP contribution in [0.5, 0.6) is 0 Å². The molecule has 1 aliphatic rings. The first-order chi connectivity index (χ1) is 8.72. The minimum absolute atomic E-state index is 0.267. The maximum atomic E-state index is 11.4. The summed E-state index contributed by atoms with van der Waals surface area (Å²) in [4.78, 5) is 29.9. The molecule has 2 heterocycles. The molecule has 0 saturated carbocycles. The van der Waals surface area contributed by atoms with Gasteiger partial charge in [0.1, 0.15) is 11.9 Å². The number of hydrogen-bond donors (Lipinski definition) is 3. The van der Waals surface area contributed by atoms with Crippen LogP contribution in [0.25, 0.3) is 11.0 Å². The first-order valence-electron chi connectivity index (χ1n) is 5.77. The van der Waals surface area contributed by atoms with E-state index in [9.17, 15) is 9.59 Å². The molecule has 2 aromatic rings. The van der Waals surface area contributed by atoms with Crippen molar-refractivity contribution >= 4 is 23.0 Å². The first-order valence-corrected chi connectivity index (χ1v) is 5.77. The molecule has 1 aromatic carbocycles. The number of carbonyl (C=O) groups excluding carboxylic acids is 2. The van der Waals surface area contributed by atoms with E-state index in [1.165, 1.54) is 0 Å². The summed E-state index contributed by atoms with van der Waals surface area (Å²) in [6, 6.07) is 6.88. The van der Waals surface area contributed by atoms with Crippen molar-refractivity contribution in [3.8, 4) is 0 Å². The van der Waals surface area contributed by atoms with Gasteiger partial charge in [-0.1, -0.05) is 12.1 Å². The fourth-order valence-electron chi connectivity index (χ4n) is 2.07. The fraction of sp³-hybridized carbons (Fsp3) is 0.250. The predicted molar refractivity (Wildman–Crippen MR) is 64.9 cm³/mol. The molecular formula is C12H12N4O2. The molecule has 0 spiro atoms. The highest BCUT2D eigenvalue weighted by Gasteiger charge is 2.28. The Kier molecular flexibility index (Phi) is 2.47. The van der Waals surface area contributed by atoms with Crippen molar-refractivity contribution in [2.75, 3.05) is 0 Å². The lowest BCUT2D eigenvalue weighted by Gasteiger charge is -2.04. The number of amides is 3. The van der Waals surface area contributed by atoms with Gasteiger partial charge in [-0.3, -0.25) is 10.1 Å². The van der Waals surface area contributed by atoms with Crippen molar-refractivity contribution in [3.63, 3.8) is 0 Å². The molecule has 3 rings (SSSR count). The van der Waals surface area contributed by atoms with Crippen LogP contribution in [0.1, 0.15) is 12.2 Å². The van der Waals surface area contributed by atoms with Gasteiger partial charge in [-0.15, -0.1) is 0 Å². The SMILES string of the molecule is O=C1NC(=O)C(CCc2nc3ccccc3[nH]2)N1. The summed E-state index contributed by atoms with van der Waals surface area (Å²) in [5, 5.41) is 4.78. The van der Waals surface area contributed by atoms with Crippen LogP contribution in [0.3, 0.4) is 0 Å². The van der Waals surface area contributed by atoms with E-state index >= 15 is 0 Å². The van der Waals surface area contributed by atoms with Gasteiger partial charge in [0, 0.05) is 6.42 Å². The Morgan fingerprint density at radius 1 is 1.22 bits per heavy atom. The Labute approximate surface area is 103 Å². The Morgan fingerprint density at radius 2 is 2.06 bits per heavy atom. The molecule has 92 valence electrons. The number of imide groups is 1. The van der Waals surface area contributed by atoms with Gasteiger partial charge in [0.05, 0.1) is 11.0 Å². The Hall–Kier alpha value is -2.37. The number of aryl methyl sites for hydroxylation is 1. The van der Waals surface area contributed by atoms with Crippen LogP contribution in [-0.2, 0) is 11.2 Å². The van der Waals surface area contributed by atoms with Gasteiger partial charge in [0.25, 0.3) is 5.91 Å². The van der Waals surface area contributed by atoms with Crippen LogP contribution >= 0.6 is 0 Å². The number of H-pyrrole nitrogens is 1. The predicted octanol–water partition coefficient (Wildman–Crippen LogP) is 0.703. The number of aromatic amines is 1. The number of fused-ring (bicyclic) bond motifs is 1. The highest BCUT2D eigenvalue weighted by Crippen LogP contribution is 2.12. The van der Waals surface area contributed by atoms with E-state index in [4.69, 9.17) is 0 Å². The third kappa shape index (κ3) is 1.92. The zero-order chi connectivity index (χ0) is 12.5. The molecule has 6 heteroatoms. The lowest BCUT2D eigenvalue weighted by molar-refractivity contribution is -0.120. The molecule has 1 aromatic heterocycles. The van der Waals surface area contributed by atoms with Gasteiger partial charge in [-0.2, -0.15) is 0 Å². The summed E-state index contributed by atoms with van der Waals surface area (Å²) in [6.07, 6.45) is 1.16. The van der Waals surface area contributed by atoms with Crippen LogP contribution in [0.4, 0.5) is 4.79 Å². The molecule has 3 amide bonds. The lowest BCUT2D eigenvalue weighted by Crippen LogP contribution is -2.29. The molecule has 0 aliphatic carbocycles. The van der Waals surface area contributed by atoms with E-state index in [1.54, 1.807) is 0 Å². The second-order valence-electron chi connectivity index (χ2n) is 4.25. The summed E-state index contributed by atoms with van der Waals surface area (Å²) >= 11 is 0. The molecule has 1 unspecified atom stereocenters. The summed E-state index contributed by atoms with van der Waals surface area (Å²) < 4.78 is 0. The normalized spacial score (nSPS) is 19.0. The minimum Gasteiger partial charge on any atom is -0.342 e. The topological polar surface area (TPSA) is 86.9 Å². The zero-order valence-electron chi connectivity index (χ0n) is 9.56. The van der Waals surface area contributed by atoms with Crippen LogP contribution < -0.4 is 10.6 Å². The van der Waals surface area contributed by atoms with Crippen molar-refractivity contribution < 1.29 is 9.59 Å². The number of aromatic nitrogens is 2. The number of nitrogens with one attached hydrogen (secondary N) is 3. The molecule has 3 N–H and O–H groups in total. The molecule has 0 radical (unpaired) electrons. The van der Waals surface area contributed by atoms with Crippen LogP contribution in [0.15, 0.2) is 24.3 Å². The Morgan fingerprint density at radius 3 is 2.78 bits per heavy atom. The van der Waals surface area contributed by atoms with E-state index in [0.29, 0.717) is 12.8 Å². The number of carbonyl (C=O) groups is 2. The number of benzene rings is 1. The third-order valence-electron chi connectivity index (χ3n) is 2.97. The molecule has 0 bridgehead atoms. The van der Waals surface area contributed by atoms with E-state index in [-0.39, 0.29) is 5.91 Å². The average molecular weight is 244 g/mol. The van der Waals surface area contributed by atoms with Gasteiger partial charge < -0.3 is 10.3 Å². The second kappa shape index (κ2) is 4.14. The Balaban J connectivity index is 1.69. The van der Waals surface area contributed by atoms with Crippen LogP contribution in [-0.4, -0.2) is 27.9 Å². The summed E-state index contributed by atoms with van der Waals surface area (Å²) in [6.45, 7) is 0. The molecule has 18 heavy (non-hydrogen) atoms. The molecular weight excluding hydrogens is 232 g/mol. The summed E-state index contributed by atoms with van der Waals surface area (Å²) in [5.74, 6) is 0.557. The van der Waals surface area contributed by atoms with Gasteiger partial charge in [0.15, 0.2) is 0 Å². The number of imidazole rings is 1.